The Kier molecular flexibility index (Phi) is 11.3. The van der Waals surface area contributed by atoms with Crippen LogP contribution < -0.4 is 20.1 Å². The Labute approximate surface area is 336 Å². The zero-order valence-electron chi connectivity index (χ0n) is 31.5. The van der Waals surface area contributed by atoms with Crippen LogP contribution in [0.25, 0.3) is 20.5 Å². The van der Waals surface area contributed by atoms with Crippen LogP contribution in [0.4, 0.5) is 18.9 Å². The van der Waals surface area contributed by atoms with Crippen molar-refractivity contribution >= 4 is 44.8 Å². The average Bonchev–Trinajstić information content (AvgIpc) is 3.73. The van der Waals surface area contributed by atoms with Gasteiger partial charge in [-0.15, -0.1) is 11.3 Å². The van der Waals surface area contributed by atoms with E-state index < -0.39 is 23.7 Å². The molecule has 2 fully saturated rings. The second-order valence-electron chi connectivity index (χ2n) is 14.7. The molecule has 5 aromatic rings. The van der Waals surface area contributed by atoms with Crippen LogP contribution in [0, 0.1) is 0 Å². The number of benzene rings is 4. The molecule has 1 atom stereocenters. The van der Waals surface area contributed by atoms with Crippen molar-refractivity contribution in [2.24, 2.45) is 0 Å². The molecular formula is C43H42F3N5O6S. The van der Waals surface area contributed by atoms with Crippen LogP contribution in [-0.2, 0) is 22.3 Å². The first-order chi connectivity index (χ1) is 28.0. The van der Waals surface area contributed by atoms with E-state index in [2.05, 4.69) is 20.4 Å². The lowest BCUT2D eigenvalue weighted by Gasteiger charge is -2.34. The monoisotopic (exact) mass is 813 g/mol. The number of nitrogens with zero attached hydrogens (tertiary/aromatic N) is 3. The standard InChI is InChI=1S/C43H42F3N5O6S/c44-43(45,46)29-4-2-27(3-5-29)40-39(35-13-7-31(52)25-37(35)58-40)57-33-10-8-32(9-11-33)56-23-22-50-20-18-49(19-21-50)17-1-16-47-30-6-12-34-28(24-30)26-51(42(34)55)36-14-15-38(53)48-41(36)54/h2-13,24-25,36,47,52H,1,14-23,26H2,(H,48,53,54). The van der Waals surface area contributed by atoms with Gasteiger partial charge in [-0.25, -0.2) is 0 Å². The molecule has 0 saturated carbocycles. The van der Waals surface area contributed by atoms with Crippen LogP contribution in [0.3, 0.4) is 0 Å². The smallest absolute Gasteiger partial charge is 0.416 e. The van der Waals surface area contributed by atoms with Gasteiger partial charge < -0.3 is 29.7 Å². The van der Waals surface area contributed by atoms with Crippen molar-refractivity contribution in [3.8, 4) is 33.4 Å². The van der Waals surface area contributed by atoms with Crippen LogP contribution in [0.2, 0.25) is 0 Å². The first kappa shape index (κ1) is 39.2. The zero-order chi connectivity index (χ0) is 40.4. The number of phenolic OH excluding ortho intramolecular Hbond substituents is 1. The van der Waals surface area contributed by atoms with E-state index in [4.69, 9.17) is 9.47 Å². The first-order valence-corrected chi connectivity index (χ1v) is 20.1. The van der Waals surface area contributed by atoms with Crippen LogP contribution in [0.1, 0.15) is 40.7 Å². The molecule has 3 aliphatic heterocycles. The molecular weight excluding hydrogens is 772 g/mol. The van der Waals surface area contributed by atoms with Gasteiger partial charge in [-0.1, -0.05) is 12.1 Å². The number of nitrogens with one attached hydrogen (secondary N) is 2. The molecule has 4 aromatic carbocycles. The third-order valence-corrected chi connectivity index (χ3v) is 12.0. The van der Waals surface area contributed by atoms with Crippen molar-refractivity contribution in [3.63, 3.8) is 0 Å². The maximum atomic E-state index is 13.2. The number of fused-ring (bicyclic) bond motifs is 2. The number of anilines is 1. The number of aromatic hydroxyl groups is 1. The topological polar surface area (TPSA) is 124 Å². The van der Waals surface area contributed by atoms with E-state index in [9.17, 15) is 32.7 Å². The fraction of sp³-hybridized carbons (Fsp3) is 0.326. The van der Waals surface area contributed by atoms with Crippen molar-refractivity contribution in [2.75, 3.05) is 57.7 Å². The number of alkyl halides is 3. The maximum absolute atomic E-state index is 13.2. The molecule has 0 aliphatic carbocycles. The molecule has 2 saturated heterocycles. The quantitative estimate of drug-likeness (QED) is 0.0828. The fourth-order valence-electron chi connectivity index (χ4n) is 7.63. The minimum atomic E-state index is -4.43. The second-order valence-corrected chi connectivity index (χ2v) is 15.7. The number of halogens is 3. The number of amides is 3. The number of piperidine rings is 1. The summed E-state index contributed by atoms with van der Waals surface area (Å²) in [7, 11) is 0. The summed E-state index contributed by atoms with van der Waals surface area (Å²) in [5, 5.41) is 16.6. The van der Waals surface area contributed by atoms with E-state index in [0.29, 0.717) is 52.8 Å². The summed E-state index contributed by atoms with van der Waals surface area (Å²) in [6, 6.07) is 22.2. The molecule has 0 spiro atoms. The maximum Gasteiger partial charge on any atom is 0.416 e. The number of hydrogen-bond donors (Lipinski definition) is 3. The fourth-order valence-corrected chi connectivity index (χ4v) is 8.80. The van der Waals surface area contributed by atoms with E-state index in [1.54, 1.807) is 35.2 Å². The number of phenols is 1. The van der Waals surface area contributed by atoms with Gasteiger partial charge in [0, 0.05) is 73.6 Å². The minimum absolute atomic E-state index is 0.0878. The van der Waals surface area contributed by atoms with Gasteiger partial charge in [-0.05, 0) is 103 Å². The number of carbonyl (C=O) groups excluding carboxylic acids is 3. The SMILES string of the molecule is O=C1CCC(N2Cc3cc(NCCCN4CCN(CCOc5ccc(Oc6c(-c7ccc(C(F)(F)F)cc7)sc7cc(O)ccc67)cc5)CC4)ccc3C2=O)C(=O)N1. The Balaban J connectivity index is 0.760. The Morgan fingerprint density at radius 2 is 1.59 bits per heavy atom. The second kappa shape index (κ2) is 16.7. The number of imide groups is 1. The van der Waals surface area contributed by atoms with E-state index in [1.807, 2.05) is 30.3 Å². The van der Waals surface area contributed by atoms with Gasteiger partial charge in [0.2, 0.25) is 11.8 Å². The van der Waals surface area contributed by atoms with Gasteiger partial charge in [0.25, 0.3) is 5.91 Å². The lowest BCUT2D eigenvalue weighted by atomic mass is 10.0. The predicted molar refractivity (Wildman–Crippen MR) is 214 cm³/mol. The molecule has 302 valence electrons. The molecule has 3 amide bonds. The minimum Gasteiger partial charge on any atom is -0.508 e. The summed E-state index contributed by atoms with van der Waals surface area (Å²) in [5.41, 5.74) is 2.28. The highest BCUT2D eigenvalue weighted by atomic mass is 32.1. The summed E-state index contributed by atoms with van der Waals surface area (Å²) in [6.45, 7) is 7.25. The number of hydrogen-bond acceptors (Lipinski definition) is 10. The third-order valence-electron chi connectivity index (χ3n) is 10.8. The van der Waals surface area contributed by atoms with Crippen LogP contribution in [0.15, 0.2) is 84.9 Å². The van der Waals surface area contributed by atoms with Crippen molar-refractivity contribution in [1.29, 1.82) is 0 Å². The summed E-state index contributed by atoms with van der Waals surface area (Å²) in [4.78, 5) is 43.9. The number of ether oxygens (including phenoxy) is 2. The normalized spacial score (nSPS) is 17.7. The highest BCUT2D eigenvalue weighted by molar-refractivity contribution is 7.22. The number of piperazine rings is 1. The summed E-state index contributed by atoms with van der Waals surface area (Å²) in [5.74, 6) is 0.953. The highest BCUT2D eigenvalue weighted by Crippen LogP contribution is 2.47. The largest absolute Gasteiger partial charge is 0.508 e. The molecule has 8 rings (SSSR count). The van der Waals surface area contributed by atoms with Gasteiger partial charge in [0.05, 0.1) is 10.4 Å². The van der Waals surface area contributed by atoms with E-state index in [0.717, 1.165) is 85.7 Å². The van der Waals surface area contributed by atoms with E-state index >= 15 is 0 Å². The molecule has 58 heavy (non-hydrogen) atoms. The Morgan fingerprint density at radius 1 is 0.862 bits per heavy atom. The molecule has 0 bridgehead atoms. The van der Waals surface area contributed by atoms with E-state index in [1.165, 1.54) is 23.5 Å². The zero-order valence-corrected chi connectivity index (χ0v) is 32.3. The number of carbonyl (C=O) groups is 3. The Morgan fingerprint density at radius 3 is 2.31 bits per heavy atom. The lowest BCUT2D eigenvalue weighted by Crippen LogP contribution is -2.52. The number of thiophene rings is 1. The van der Waals surface area contributed by atoms with Gasteiger partial charge in [0.1, 0.15) is 29.9 Å². The molecule has 3 aliphatic rings. The first-order valence-electron chi connectivity index (χ1n) is 19.3. The molecule has 11 nitrogen and oxygen atoms in total. The van der Waals surface area contributed by atoms with Gasteiger partial charge in [-0.3, -0.25) is 24.6 Å². The average molecular weight is 814 g/mol. The van der Waals surface area contributed by atoms with Crippen molar-refractivity contribution < 1.29 is 42.1 Å². The predicted octanol–water partition coefficient (Wildman–Crippen LogP) is 7.34. The van der Waals surface area contributed by atoms with Crippen molar-refractivity contribution in [1.82, 2.24) is 20.0 Å². The van der Waals surface area contributed by atoms with Crippen LogP contribution >= 0.6 is 11.3 Å². The molecule has 15 heteroatoms. The molecule has 1 unspecified atom stereocenters. The summed E-state index contributed by atoms with van der Waals surface area (Å²) >= 11 is 1.34. The molecule has 1 aromatic heterocycles. The van der Waals surface area contributed by atoms with Gasteiger partial charge >= 0.3 is 6.18 Å². The van der Waals surface area contributed by atoms with Crippen molar-refractivity contribution in [3.05, 3.63) is 102 Å². The summed E-state index contributed by atoms with van der Waals surface area (Å²) in [6.07, 6.45) is -2.90. The van der Waals surface area contributed by atoms with E-state index in [-0.39, 0.29) is 24.0 Å². The summed E-state index contributed by atoms with van der Waals surface area (Å²) < 4.78 is 52.8. The Hall–Kier alpha value is -5.64. The highest BCUT2D eigenvalue weighted by Gasteiger charge is 2.39. The molecule has 4 heterocycles. The lowest BCUT2D eigenvalue weighted by molar-refractivity contribution is -0.138. The molecule has 3 N–H and O–H groups in total. The van der Waals surface area contributed by atoms with Crippen LogP contribution in [0.5, 0.6) is 23.0 Å². The number of rotatable bonds is 13. The third kappa shape index (κ3) is 8.76. The van der Waals surface area contributed by atoms with Crippen LogP contribution in [-0.4, -0.2) is 96.0 Å². The molecule has 0 radical (unpaired) electrons. The van der Waals surface area contributed by atoms with Gasteiger partial charge in [0.15, 0.2) is 5.75 Å². The van der Waals surface area contributed by atoms with Gasteiger partial charge in [-0.2, -0.15) is 13.2 Å². The Bertz CT molecular complexity index is 2310. The van der Waals surface area contributed by atoms with Crippen molar-refractivity contribution in [2.45, 2.75) is 38.0 Å².